The number of hydrogen-bond donors (Lipinski definition) is 0. The summed E-state index contributed by atoms with van der Waals surface area (Å²) in [6.45, 7) is 4.42. The second-order valence-electron chi connectivity index (χ2n) is 7.02. The van der Waals surface area contributed by atoms with Crippen LogP contribution >= 0.6 is 0 Å². The Labute approximate surface area is 171 Å². The third kappa shape index (κ3) is 4.54. The van der Waals surface area contributed by atoms with Gasteiger partial charge in [0, 0.05) is 31.6 Å². The topological polar surface area (TPSA) is 82.1 Å². The Balaban J connectivity index is 1.73. The van der Waals surface area contributed by atoms with Crippen molar-refractivity contribution in [2.45, 2.75) is 37.9 Å². The number of rotatable bonds is 7. The van der Waals surface area contributed by atoms with Crippen LogP contribution in [0.3, 0.4) is 0 Å². The summed E-state index contributed by atoms with van der Waals surface area (Å²) >= 11 is 0. The highest BCUT2D eigenvalue weighted by Gasteiger charge is 2.23. The summed E-state index contributed by atoms with van der Waals surface area (Å²) in [7, 11) is -0.640. The zero-order chi connectivity index (χ0) is 21.2. The molecule has 8 heteroatoms. The second-order valence-corrected chi connectivity index (χ2v) is 9.17. The molecular formula is C21H25NO6S. The molecule has 0 fully saturated rings. The first kappa shape index (κ1) is 21.1. The van der Waals surface area contributed by atoms with Gasteiger partial charge in [-0.3, -0.25) is 0 Å². The van der Waals surface area contributed by atoms with Crippen LogP contribution in [-0.2, 0) is 27.8 Å². The zero-order valence-corrected chi connectivity index (χ0v) is 17.8. The van der Waals surface area contributed by atoms with Crippen LogP contribution in [0.25, 0.3) is 0 Å². The van der Waals surface area contributed by atoms with Gasteiger partial charge in [0.15, 0.2) is 0 Å². The van der Waals surface area contributed by atoms with Crippen molar-refractivity contribution in [3.63, 3.8) is 0 Å². The van der Waals surface area contributed by atoms with Crippen LogP contribution in [0.1, 0.15) is 35.3 Å². The predicted octanol–water partition coefficient (Wildman–Crippen LogP) is 3.02. The molecule has 0 saturated carbocycles. The van der Waals surface area contributed by atoms with E-state index in [9.17, 15) is 13.2 Å². The smallest absolute Gasteiger partial charge is 0.338 e. The van der Waals surface area contributed by atoms with Crippen LogP contribution in [0.15, 0.2) is 41.3 Å². The quantitative estimate of drug-likeness (QED) is 0.642. The number of carbonyl (C=O) groups is 1. The molecule has 1 aliphatic heterocycles. The number of hydrogen-bond acceptors (Lipinski definition) is 6. The molecule has 0 unspecified atom stereocenters. The Morgan fingerprint density at radius 2 is 1.90 bits per heavy atom. The summed E-state index contributed by atoms with van der Waals surface area (Å²) in [5, 5.41) is 0. The Morgan fingerprint density at radius 1 is 1.21 bits per heavy atom. The molecule has 0 saturated heterocycles. The Kier molecular flexibility index (Phi) is 6.14. The molecular weight excluding hydrogens is 394 g/mol. The van der Waals surface area contributed by atoms with E-state index in [-0.39, 0.29) is 23.2 Å². The Bertz CT molecular complexity index is 999. The standard InChI is InChI=1S/C21H25NO6S/c1-5-26-19-11-16-10-14(2)28-20(16)12-17(19)13-27-21(23)15-6-8-18(9-7-15)29(24,25)22(3)4/h6-9,11-12,14H,5,10,13H2,1-4H3/t14-/m0/s1. The van der Waals surface area contributed by atoms with Crippen LogP contribution in [0.4, 0.5) is 0 Å². The molecule has 0 N–H and O–H groups in total. The lowest BCUT2D eigenvalue weighted by molar-refractivity contribution is 0.0469. The van der Waals surface area contributed by atoms with E-state index in [2.05, 4.69) is 0 Å². The van der Waals surface area contributed by atoms with E-state index in [1.165, 1.54) is 38.4 Å². The highest BCUT2D eigenvalue weighted by molar-refractivity contribution is 7.89. The number of ether oxygens (including phenoxy) is 3. The minimum Gasteiger partial charge on any atom is -0.493 e. The van der Waals surface area contributed by atoms with Gasteiger partial charge in [0.05, 0.1) is 17.1 Å². The lowest BCUT2D eigenvalue weighted by atomic mass is 10.1. The minimum absolute atomic E-state index is 0.0247. The van der Waals surface area contributed by atoms with Gasteiger partial charge in [-0.05, 0) is 50.2 Å². The zero-order valence-electron chi connectivity index (χ0n) is 17.0. The van der Waals surface area contributed by atoms with E-state index >= 15 is 0 Å². The van der Waals surface area contributed by atoms with Gasteiger partial charge in [0.25, 0.3) is 0 Å². The van der Waals surface area contributed by atoms with Gasteiger partial charge >= 0.3 is 5.97 Å². The van der Waals surface area contributed by atoms with Crippen LogP contribution in [-0.4, -0.2) is 45.5 Å². The molecule has 0 radical (unpaired) electrons. The monoisotopic (exact) mass is 419 g/mol. The maximum atomic E-state index is 12.4. The van der Waals surface area contributed by atoms with Crippen molar-refractivity contribution in [3.05, 3.63) is 53.1 Å². The highest BCUT2D eigenvalue weighted by Crippen LogP contribution is 2.35. The maximum absolute atomic E-state index is 12.4. The first-order valence-electron chi connectivity index (χ1n) is 9.37. The van der Waals surface area contributed by atoms with Crippen LogP contribution in [0.2, 0.25) is 0 Å². The molecule has 0 spiro atoms. The Morgan fingerprint density at radius 3 is 2.52 bits per heavy atom. The molecule has 29 heavy (non-hydrogen) atoms. The molecule has 2 aromatic rings. The summed E-state index contributed by atoms with van der Waals surface area (Å²) < 4.78 is 42.3. The molecule has 0 aliphatic carbocycles. The number of benzene rings is 2. The van der Waals surface area contributed by atoms with Gasteiger partial charge < -0.3 is 14.2 Å². The predicted molar refractivity (Wildman–Crippen MR) is 108 cm³/mol. The third-order valence-electron chi connectivity index (χ3n) is 4.61. The summed E-state index contributed by atoms with van der Waals surface area (Å²) in [6.07, 6.45) is 0.923. The average molecular weight is 419 g/mol. The van der Waals surface area contributed by atoms with Crippen molar-refractivity contribution in [2.75, 3.05) is 20.7 Å². The first-order chi connectivity index (χ1) is 13.7. The van der Waals surface area contributed by atoms with E-state index in [1.54, 1.807) is 0 Å². The van der Waals surface area contributed by atoms with Gasteiger partial charge in [0.2, 0.25) is 10.0 Å². The lowest BCUT2D eigenvalue weighted by Gasteiger charge is -2.13. The third-order valence-corrected chi connectivity index (χ3v) is 6.44. The number of carbonyl (C=O) groups excluding carboxylic acids is 1. The van der Waals surface area contributed by atoms with E-state index in [1.807, 2.05) is 26.0 Å². The number of fused-ring (bicyclic) bond motifs is 1. The van der Waals surface area contributed by atoms with Gasteiger partial charge in [-0.1, -0.05) is 0 Å². The second kappa shape index (κ2) is 8.42. The first-order valence-corrected chi connectivity index (χ1v) is 10.8. The molecule has 0 aromatic heterocycles. The summed E-state index contributed by atoms with van der Waals surface area (Å²) in [5.74, 6) is 0.908. The van der Waals surface area contributed by atoms with E-state index in [0.717, 1.165) is 27.6 Å². The van der Waals surface area contributed by atoms with Crippen molar-refractivity contribution >= 4 is 16.0 Å². The van der Waals surface area contributed by atoms with Crippen LogP contribution in [0, 0.1) is 0 Å². The summed E-state index contributed by atoms with van der Waals surface area (Å²) in [5.41, 5.74) is 2.07. The van der Waals surface area contributed by atoms with Gasteiger partial charge in [-0.25, -0.2) is 17.5 Å². The minimum atomic E-state index is -3.55. The fourth-order valence-corrected chi connectivity index (χ4v) is 3.99. The van der Waals surface area contributed by atoms with Crippen molar-refractivity contribution in [2.24, 2.45) is 0 Å². The van der Waals surface area contributed by atoms with Gasteiger partial charge in [-0.15, -0.1) is 0 Å². The van der Waals surface area contributed by atoms with Crippen molar-refractivity contribution in [3.8, 4) is 11.5 Å². The average Bonchev–Trinajstić information content (AvgIpc) is 3.05. The van der Waals surface area contributed by atoms with E-state index in [4.69, 9.17) is 14.2 Å². The lowest BCUT2D eigenvalue weighted by Crippen LogP contribution is -2.22. The van der Waals surface area contributed by atoms with Crippen LogP contribution < -0.4 is 9.47 Å². The van der Waals surface area contributed by atoms with Crippen molar-refractivity contribution in [1.29, 1.82) is 0 Å². The van der Waals surface area contributed by atoms with Crippen LogP contribution in [0.5, 0.6) is 11.5 Å². The largest absolute Gasteiger partial charge is 0.493 e. The summed E-state index contributed by atoms with van der Waals surface area (Å²) in [6, 6.07) is 9.45. The molecule has 0 amide bonds. The normalized spacial score (nSPS) is 15.7. The molecule has 7 nitrogen and oxygen atoms in total. The van der Waals surface area contributed by atoms with Gasteiger partial charge in [0.1, 0.15) is 24.2 Å². The molecule has 3 rings (SSSR count). The number of esters is 1. The van der Waals surface area contributed by atoms with E-state index in [0.29, 0.717) is 12.4 Å². The number of nitrogens with zero attached hydrogens (tertiary/aromatic N) is 1. The number of sulfonamides is 1. The molecule has 0 bridgehead atoms. The molecule has 156 valence electrons. The molecule has 1 atom stereocenters. The Hall–Kier alpha value is -2.58. The SMILES string of the molecule is CCOc1cc2c(cc1COC(=O)c1ccc(S(=O)(=O)N(C)C)cc1)O[C@@H](C)C2. The fourth-order valence-electron chi connectivity index (χ4n) is 3.08. The van der Waals surface area contributed by atoms with Crippen molar-refractivity contribution in [1.82, 2.24) is 4.31 Å². The molecule has 1 aliphatic rings. The fraction of sp³-hybridized carbons (Fsp3) is 0.381. The van der Waals surface area contributed by atoms with E-state index < -0.39 is 16.0 Å². The van der Waals surface area contributed by atoms with Gasteiger partial charge in [-0.2, -0.15) is 0 Å². The molecule has 2 aromatic carbocycles. The highest BCUT2D eigenvalue weighted by atomic mass is 32.2. The maximum Gasteiger partial charge on any atom is 0.338 e. The summed E-state index contributed by atoms with van der Waals surface area (Å²) in [4.78, 5) is 12.5. The van der Waals surface area contributed by atoms with Crippen molar-refractivity contribution < 1.29 is 27.4 Å². The molecule has 1 heterocycles.